The van der Waals surface area contributed by atoms with E-state index in [-0.39, 0.29) is 36.1 Å². The zero-order chi connectivity index (χ0) is 21.0. The van der Waals surface area contributed by atoms with Crippen LogP contribution in [0.25, 0.3) is 0 Å². The van der Waals surface area contributed by atoms with Gasteiger partial charge in [0, 0.05) is 10.9 Å². The van der Waals surface area contributed by atoms with Crippen molar-refractivity contribution in [2.24, 2.45) is 17.8 Å². The van der Waals surface area contributed by atoms with Gasteiger partial charge in [-0.25, -0.2) is 0 Å². The van der Waals surface area contributed by atoms with E-state index < -0.39 is 41.6 Å². The number of amides is 1. The molecule has 4 rings (SSSR count). The van der Waals surface area contributed by atoms with Crippen molar-refractivity contribution >= 4 is 17.7 Å². The molecule has 0 aromatic carbocycles. The molecule has 0 radical (unpaired) electrons. The minimum Gasteiger partial charge on any atom is -0.291 e. The molecule has 4 aliphatic rings. The third kappa shape index (κ3) is 4.03. The number of allylic oxidation sites excluding steroid dienone is 2. The average Bonchev–Trinajstić information content (AvgIpc) is 2.82. The van der Waals surface area contributed by atoms with Gasteiger partial charge in [0.25, 0.3) is 0 Å². The fraction of sp³-hybridized carbons (Fsp3) is 0.842. The Hall–Kier alpha value is -0.900. The largest absolute Gasteiger partial charge is 0.422 e. The van der Waals surface area contributed by atoms with Crippen molar-refractivity contribution in [1.82, 2.24) is 10.2 Å². The van der Waals surface area contributed by atoms with Crippen LogP contribution in [0.5, 0.6) is 0 Å². The van der Waals surface area contributed by atoms with Crippen molar-refractivity contribution < 1.29 is 31.1 Å². The molecule has 1 N–H and O–H groups in total. The average molecular weight is 442 g/mol. The van der Waals surface area contributed by atoms with Crippen LogP contribution in [0, 0.1) is 17.8 Å². The van der Waals surface area contributed by atoms with Gasteiger partial charge >= 0.3 is 12.4 Å². The molecule has 0 aromatic rings. The number of halogens is 6. The Bertz CT molecular complexity index is 679. The molecule has 6 unspecified atom stereocenters. The molecule has 29 heavy (non-hydrogen) atoms. The summed E-state index contributed by atoms with van der Waals surface area (Å²) in [5, 5.41) is 2.07. The second-order valence-corrected chi connectivity index (χ2v) is 9.83. The standard InChI is InChI=1S/C19H24F6N2OS/c20-18(21,22)10-5-4-6-11(9-10)27-16(28)14-12-7-2-1-3-8-13(12)29-15(14)26-17(27)19(23,24)25/h9-10,12-15,17,26H,1-8H2. The number of carbonyl (C=O) groups excluding carboxylic acids is 1. The van der Waals surface area contributed by atoms with Crippen molar-refractivity contribution in [2.45, 2.75) is 80.5 Å². The Kier molecular flexibility index (Phi) is 5.63. The van der Waals surface area contributed by atoms with Crippen LogP contribution in [-0.4, -0.2) is 39.9 Å². The third-order valence-corrected chi connectivity index (χ3v) is 8.25. The molecule has 2 saturated heterocycles. The number of nitrogens with zero attached hydrogens (tertiary/aromatic N) is 1. The van der Waals surface area contributed by atoms with Gasteiger partial charge in [0.05, 0.1) is 17.2 Å². The van der Waals surface area contributed by atoms with Gasteiger partial charge in [-0.3, -0.25) is 15.0 Å². The van der Waals surface area contributed by atoms with E-state index in [2.05, 4.69) is 5.32 Å². The molecule has 3 nitrogen and oxygen atoms in total. The van der Waals surface area contributed by atoms with E-state index >= 15 is 0 Å². The highest BCUT2D eigenvalue weighted by atomic mass is 32.2. The molecule has 2 aliphatic heterocycles. The van der Waals surface area contributed by atoms with E-state index in [0.717, 1.165) is 38.2 Å². The smallest absolute Gasteiger partial charge is 0.291 e. The van der Waals surface area contributed by atoms with E-state index in [1.165, 1.54) is 11.8 Å². The van der Waals surface area contributed by atoms with Crippen LogP contribution in [0.3, 0.4) is 0 Å². The number of rotatable bonds is 1. The van der Waals surface area contributed by atoms with Crippen molar-refractivity contribution in [2.75, 3.05) is 0 Å². The molecular weight excluding hydrogens is 418 g/mol. The first kappa shape index (κ1) is 21.3. The summed E-state index contributed by atoms with van der Waals surface area (Å²) in [6, 6.07) is 0. The molecule has 3 fully saturated rings. The van der Waals surface area contributed by atoms with Crippen molar-refractivity contribution in [3.63, 3.8) is 0 Å². The summed E-state index contributed by atoms with van der Waals surface area (Å²) in [5.41, 5.74) is -0.140. The Labute approximate surface area is 169 Å². The van der Waals surface area contributed by atoms with Crippen LogP contribution in [-0.2, 0) is 4.79 Å². The highest BCUT2D eigenvalue weighted by molar-refractivity contribution is 8.00. The molecule has 10 heteroatoms. The number of thioether (sulfide) groups is 1. The molecule has 0 bridgehead atoms. The van der Waals surface area contributed by atoms with Gasteiger partial charge in [0.15, 0.2) is 6.17 Å². The summed E-state index contributed by atoms with van der Waals surface area (Å²) in [6.45, 7) is 0. The second kappa shape index (κ2) is 7.66. The molecule has 2 aliphatic carbocycles. The van der Waals surface area contributed by atoms with E-state index in [9.17, 15) is 31.1 Å². The van der Waals surface area contributed by atoms with Crippen LogP contribution in [0.1, 0.15) is 51.4 Å². The van der Waals surface area contributed by atoms with E-state index in [1.807, 2.05) is 0 Å². The van der Waals surface area contributed by atoms with Gasteiger partial charge < -0.3 is 0 Å². The van der Waals surface area contributed by atoms with E-state index in [4.69, 9.17) is 0 Å². The normalized spacial score (nSPS) is 38.9. The summed E-state index contributed by atoms with van der Waals surface area (Å²) in [6.07, 6.45) is -6.11. The van der Waals surface area contributed by atoms with Gasteiger partial charge in [0.1, 0.15) is 0 Å². The van der Waals surface area contributed by atoms with Crippen LogP contribution in [0.4, 0.5) is 26.3 Å². The molecule has 0 aromatic heterocycles. The highest BCUT2D eigenvalue weighted by Crippen LogP contribution is 2.52. The molecule has 0 spiro atoms. The molecule has 1 amide bonds. The maximum atomic E-state index is 13.8. The minimum absolute atomic E-state index is 0.0215. The Morgan fingerprint density at radius 1 is 0.966 bits per heavy atom. The molecule has 6 atom stereocenters. The Balaban J connectivity index is 1.69. The number of hydrogen-bond donors (Lipinski definition) is 1. The SMILES string of the molecule is O=C1C2C(NC(C(F)(F)F)N1C1=CC(C(F)(F)F)CCC1)SC1CCCCCC12. The monoisotopic (exact) mass is 442 g/mol. The van der Waals surface area contributed by atoms with Crippen molar-refractivity contribution in [3.05, 3.63) is 11.8 Å². The summed E-state index contributed by atoms with van der Waals surface area (Å²) in [7, 11) is 0. The lowest BCUT2D eigenvalue weighted by Gasteiger charge is -2.45. The van der Waals surface area contributed by atoms with E-state index in [1.54, 1.807) is 0 Å². The first-order valence-electron chi connectivity index (χ1n) is 10.2. The van der Waals surface area contributed by atoms with Gasteiger partial charge in [-0.05, 0) is 38.0 Å². The summed E-state index contributed by atoms with van der Waals surface area (Å²) in [4.78, 5) is 14.0. The predicted octanol–water partition coefficient (Wildman–Crippen LogP) is 5.19. The highest BCUT2D eigenvalue weighted by Gasteiger charge is 2.59. The fourth-order valence-corrected chi connectivity index (χ4v) is 7.14. The van der Waals surface area contributed by atoms with E-state index in [0.29, 0.717) is 4.90 Å². The van der Waals surface area contributed by atoms with Gasteiger partial charge in [0.2, 0.25) is 5.91 Å². The predicted molar refractivity (Wildman–Crippen MR) is 96.5 cm³/mol. The van der Waals surface area contributed by atoms with Crippen LogP contribution in [0.2, 0.25) is 0 Å². The van der Waals surface area contributed by atoms with Crippen LogP contribution < -0.4 is 5.32 Å². The van der Waals surface area contributed by atoms with Gasteiger partial charge in [-0.2, -0.15) is 26.3 Å². The zero-order valence-electron chi connectivity index (χ0n) is 15.7. The summed E-state index contributed by atoms with van der Waals surface area (Å²) < 4.78 is 81.1. The van der Waals surface area contributed by atoms with Crippen molar-refractivity contribution in [1.29, 1.82) is 0 Å². The quantitative estimate of drug-likeness (QED) is 0.568. The topological polar surface area (TPSA) is 32.3 Å². The van der Waals surface area contributed by atoms with Crippen LogP contribution in [0.15, 0.2) is 11.8 Å². The Morgan fingerprint density at radius 3 is 2.38 bits per heavy atom. The van der Waals surface area contributed by atoms with Gasteiger partial charge in [-0.15, -0.1) is 11.8 Å². The number of nitrogens with one attached hydrogen (secondary N) is 1. The lowest BCUT2D eigenvalue weighted by Crippen LogP contribution is -2.66. The second-order valence-electron chi connectivity index (χ2n) is 8.44. The lowest BCUT2D eigenvalue weighted by atomic mass is 9.82. The minimum atomic E-state index is -4.77. The summed E-state index contributed by atoms with van der Waals surface area (Å²) in [5.74, 6) is -3.11. The third-order valence-electron chi connectivity index (χ3n) is 6.60. The molecule has 164 valence electrons. The molecule has 1 saturated carbocycles. The Morgan fingerprint density at radius 2 is 1.69 bits per heavy atom. The first-order valence-corrected chi connectivity index (χ1v) is 11.1. The lowest BCUT2D eigenvalue weighted by molar-refractivity contribution is -0.204. The molecule has 2 heterocycles. The number of carbonyl (C=O) groups is 1. The number of hydrogen-bond acceptors (Lipinski definition) is 3. The van der Waals surface area contributed by atoms with Crippen LogP contribution >= 0.6 is 11.8 Å². The number of fused-ring (bicyclic) bond motifs is 3. The number of alkyl halides is 6. The maximum absolute atomic E-state index is 13.8. The van der Waals surface area contributed by atoms with Crippen molar-refractivity contribution in [3.8, 4) is 0 Å². The molecular formula is C19H24F6N2OS. The summed E-state index contributed by atoms with van der Waals surface area (Å²) >= 11 is 1.41. The fourth-order valence-electron chi connectivity index (χ4n) is 5.26. The first-order chi connectivity index (χ1) is 13.6. The maximum Gasteiger partial charge on any atom is 0.422 e. The zero-order valence-corrected chi connectivity index (χ0v) is 16.5. The van der Waals surface area contributed by atoms with Gasteiger partial charge in [-0.1, -0.05) is 25.3 Å².